The van der Waals surface area contributed by atoms with E-state index < -0.39 is 0 Å². The van der Waals surface area contributed by atoms with Crippen LogP contribution in [0.15, 0.2) is 5.51 Å². The average molecular weight is 243 g/mol. The van der Waals surface area contributed by atoms with Crippen molar-refractivity contribution in [2.75, 3.05) is 12.0 Å². The fraction of sp³-hybridized carbons (Fsp3) is 0.500. The lowest BCUT2D eigenvalue weighted by Crippen LogP contribution is -2.48. The van der Waals surface area contributed by atoms with Crippen molar-refractivity contribution in [2.45, 2.75) is 27.2 Å². The van der Waals surface area contributed by atoms with Gasteiger partial charge in [0.1, 0.15) is 0 Å². The van der Waals surface area contributed by atoms with Crippen LogP contribution in [0.3, 0.4) is 0 Å². The molecule has 16 heavy (non-hydrogen) atoms. The first-order valence-electron chi connectivity index (χ1n) is 4.90. The topological polar surface area (TPSA) is 59.3 Å². The van der Waals surface area contributed by atoms with Gasteiger partial charge in [0.15, 0.2) is 0 Å². The van der Waals surface area contributed by atoms with E-state index in [-0.39, 0.29) is 11.9 Å². The van der Waals surface area contributed by atoms with E-state index in [1.807, 2.05) is 12.4 Å². The number of ether oxygens (including phenoxy) is 1. The maximum Gasteiger partial charge on any atom is 0.302 e. The van der Waals surface area contributed by atoms with E-state index in [9.17, 15) is 9.59 Å². The van der Waals surface area contributed by atoms with E-state index in [0.717, 1.165) is 10.6 Å². The van der Waals surface area contributed by atoms with Crippen molar-refractivity contribution < 1.29 is 19.0 Å². The van der Waals surface area contributed by atoms with E-state index in [0.29, 0.717) is 13.0 Å². The van der Waals surface area contributed by atoms with Gasteiger partial charge in [0.05, 0.1) is 11.5 Å². The molecular weight excluding hydrogens is 228 g/mol. The highest BCUT2D eigenvalue weighted by Crippen LogP contribution is 2.10. The number of esters is 1. The lowest BCUT2D eigenvalue weighted by molar-refractivity contribution is -0.643. The first-order valence-corrected chi connectivity index (χ1v) is 5.78. The van der Waals surface area contributed by atoms with Gasteiger partial charge in [-0.15, -0.1) is 5.43 Å². The smallest absolute Gasteiger partial charge is 0.302 e. The Balaban J connectivity index is 2.58. The molecule has 0 aliphatic carbocycles. The predicted molar refractivity (Wildman–Crippen MR) is 59.6 cm³/mol. The number of aromatic nitrogens is 1. The molecule has 0 fully saturated rings. The molecule has 0 atom stereocenters. The Bertz CT molecular complexity index is 401. The summed E-state index contributed by atoms with van der Waals surface area (Å²) in [4.78, 5) is 22.6. The maximum atomic E-state index is 10.9. The Morgan fingerprint density at radius 3 is 2.75 bits per heavy atom. The lowest BCUT2D eigenvalue weighted by atomic mass is 10.3. The summed E-state index contributed by atoms with van der Waals surface area (Å²) in [5.41, 5.74) is 5.46. The van der Waals surface area contributed by atoms with Gasteiger partial charge in [-0.2, -0.15) is 0 Å². The third kappa shape index (κ3) is 3.62. The Hall–Kier alpha value is -1.43. The highest BCUT2D eigenvalue weighted by Gasteiger charge is 2.16. The number of hydrogen-bond acceptors (Lipinski definition) is 4. The summed E-state index contributed by atoms with van der Waals surface area (Å²) in [7, 11) is 0. The Morgan fingerprint density at radius 2 is 2.19 bits per heavy atom. The van der Waals surface area contributed by atoms with Gasteiger partial charge in [0, 0.05) is 27.2 Å². The van der Waals surface area contributed by atoms with Crippen LogP contribution in [0, 0.1) is 6.92 Å². The van der Waals surface area contributed by atoms with Gasteiger partial charge in [0.2, 0.25) is 5.69 Å². The second kappa shape index (κ2) is 5.60. The molecule has 88 valence electrons. The van der Waals surface area contributed by atoms with Crippen molar-refractivity contribution in [3.05, 3.63) is 16.1 Å². The van der Waals surface area contributed by atoms with Gasteiger partial charge in [0.25, 0.3) is 11.4 Å². The number of nitrogens with zero attached hydrogens (tertiary/aromatic N) is 1. The maximum absolute atomic E-state index is 10.9. The largest absolute Gasteiger partial charge is 0.465 e. The van der Waals surface area contributed by atoms with E-state index in [4.69, 9.17) is 4.74 Å². The van der Waals surface area contributed by atoms with Gasteiger partial charge in [-0.3, -0.25) is 9.59 Å². The molecule has 0 saturated heterocycles. The molecule has 1 aromatic rings. The van der Waals surface area contributed by atoms with Crippen molar-refractivity contribution in [1.29, 1.82) is 0 Å². The van der Waals surface area contributed by atoms with Crippen LogP contribution < -0.4 is 10.1 Å². The minimum Gasteiger partial charge on any atom is -0.465 e. The highest BCUT2D eigenvalue weighted by atomic mass is 32.1. The molecular formula is C10H15N2O3S+. The highest BCUT2D eigenvalue weighted by molar-refractivity contribution is 7.09. The molecule has 6 heteroatoms. The van der Waals surface area contributed by atoms with Crippen LogP contribution in [0.25, 0.3) is 0 Å². The van der Waals surface area contributed by atoms with Crippen LogP contribution in [0.1, 0.15) is 24.4 Å². The van der Waals surface area contributed by atoms with Crippen molar-refractivity contribution in [2.24, 2.45) is 0 Å². The number of rotatable bonds is 4. The first kappa shape index (κ1) is 12.6. The molecule has 1 rings (SSSR count). The van der Waals surface area contributed by atoms with Crippen molar-refractivity contribution in [3.8, 4) is 0 Å². The molecule has 1 aromatic heterocycles. The minimum atomic E-state index is -0.274. The lowest BCUT2D eigenvalue weighted by Gasteiger charge is -1.98. The second-order valence-electron chi connectivity index (χ2n) is 3.36. The molecule has 0 aliphatic rings. The van der Waals surface area contributed by atoms with Crippen molar-refractivity contribution in [3.63, 3.8) is 0 Å². The van der Waals surface area contributed by atoms with E-state index in [1.54, 1.807) is 4.68 Å². The van der Waals surface area contributed by atoms with Crippen LogP contribution in [0.2, 0.25) is 0 Å². The summed E-state index contributed by atoms with van der Waals surface area (Å²) in [5.74, 6) is -0.388. The van der Waals surface area contributed by atoms with Crippen molar-refractivity contribution in [1.82, 2.24) is 0 Å². The Kier molecular flexibility index (Phi) is 4.42. The molecule has 0 unspecified atom stereocenters. The number of hydrogen-bond donors (Lipinski definition) is 1. The molecule has 1 N–H and O–H groups in total. The predicted octanol–water partition coefficient (Wildman–Crippen LogP) is 0.540. The quantitative estimate of drug-likeness (QED) is 0.620. The Labute approximate surface area is 98.0 Å². The third-order valence-electron chi connectivity index (χ3n) is 1.98. The van der Waals surface area contributed by atoms with E-state index >= 15 is 0 Å². The molecule has 0 aromatic carbocycles. The van der Waals surface area contributed by atoms with Gasteiger partial charge >= 0.3 is 5.97 Å². The SMILES string of the molecule is CC(=O)N[n+]1csc(CCOC(C)=O)c1C. The summed E-state index contributed by atoms with van der Waals surface area (Å²) in [6, 6.07) is 0. The van der Waals surface area contributed by atoms with Gasteiger partial charge in [-0.1, -0.05) is 16.0 Å². The number of amides is 1. The number of carbonyl (C=O) groups is 2. The second-order valence-corrected chi connectivity index (χ2v) is 4.30. The van der Waals surface area contributed by atoms with Gasteiger partial charge in [-0.05, 0) is 0 Å². The molecule has 0 radical (unpaired) electrons. The summed E-state index contributed by atoms with van der Waals surface area (Å²) in [6.45, 7) is 5.13. The molecule has 1 heterocycles. The van der Waals surface area contributed by atoms with Crippen LogP contribution in [-0.2, 0) is 20.7 Å². The standard InChI is InChI=1S/C10H14N2O3S/c1-7-10(4-5-15-9(3)14)16-6-12(7)11-8(2)13/h6H,4-5H2,1-3H3/p+1. The van der Waals surface area contributed by atoms with Crippen LogP contribution >= 0.6 is 11.3 Å². The molecule has 0 bridgehead atoms. The average Bonchev–Trinajstić information content (AvgIpc) is 2.48. The Morgan fingerprint density at radius 1 is 1.50 bits per heavy atom. The number of thiazole rings is 1. The summed E-state index contributed by atoms with van der Waals surface area (Å²) in [6.07, 6.45) is 0.669. The van der Waals surface area contributed by atoms with Crippen LogP contribution in [-0.4, -0.2) is 18.5 Å². The summed E-state index contributed by atoms with van der Waals surface area (Å²) in [5, 5.41) is 0. The van der Waals surface area contributed by atoms with Crippen molar-refractivity contribution >= 4 is 23.2 Å². The van der Waals surface area contributed by atoms with Gasteiger partial charge < -0.3 is 4.74 Å². The number of nitrogens with one attached hydrogen (secondary N) is 1. The molecule has 5 nitrogen and oxygen atoms in total. The third-order valence-corrected chi connectivity index (χ3v) is 3.08. The normalized spacial score (nSPS) is 9.94. The first-order chi connectivity index (χ1) is 7.50. The minimum absolute atomic E-state index is 0.113. The monoisotopic (exact) mass is 243 g/mol. The fourth-order valence-electron chi connectivity index (χ4n) is 1.22. The van der Waals surface area contributed by atoms with Crippen LogP contribution in [0.5, 0.6) is 0 Å². The zero-order chi connectivity index (χ0) is 12.1. The van der Waals surface area contributed by atoms with E-state index in [2.05, 4.69) is 5.43 Å². The molecule has 1 amide bonds. The fourth-order valence-corrected chi connectivity index (χ4v) is 2.14. The molecule has 0 spiro atoms. The zero-order valence-corrected chi connectivity index (χ0v) is 10.4. The molecule has 0 saturated carbocycles. The van der Waals surface area contributed by atoms with Crippen LogP contribution in [0.4, 0.5) is 0 Å². The zero-order valence-electron chi connectivity index (χ0n) is 9.57. The molecule has 0 aliphatic heterocycles. The van der Waals surface area contributed by atoms with Gasteiger partial charge in [-0.25, -0.2) is 0 Å². The number of carbonyl (C=O) groups excluding carboxylic acids is 2. The van der Waals surface area contributed by atoms with E-state index in [1.165, 1.54) is 25.2 Å². The summed E-state index contributed by atoms with van der Waals surface area (Å²) < 4.78 is 6.54. The summed E-state index contributed by atoms with van der Waals surface area (Å²) >= 11 is 1.53.